The minimum absolute atomic E-state index is 0.131. The van der Waals surface area contributed by atoms with Crippen LogP contribution in [0.4, 0.5) is 11.4 Å². The molecule has 0 N–H and O–H groups in total. The van der Waals surface area contributed by atoms with Gasteiger partial charge < -0.3 is 9.64 Å². The number of carbonyl (C=O) groups is 1. The van der Waals surface area contributed by atoms with Crippen LogP contribution >= 0.6 is 11.8 Å². The fourth-order valence-electron chi connectivity index (χ4n) is 3.75. The number of hydrogen-bond donors (Lipinski definition) is 0. The number of unbranched alkanes of at least 4 members (excludes halogenated alkanes) is 1. The predicted molar refractivity (Wildman–Crippen MR) is 121 cm³/mol. The first-order valence-electron chi connectivity index (χ1n) is 9.96. The van der Waals surface area contributed by atoms with Crippen molar-refractivity contribution in [3.63, 3.8) is 0 Å². The third-order valence-corrected chi connectivity index (χ3v) is 8.22. The van der Waals surface area contributed by atoms with E-state index in [1.54, 1.807) is 13.1 Å². The number of nitrogens with zero attached hydrogens (tertiary/aromatic N) is 2. The lowest BCUT2D eigenvalue weighted by Gasteiger charge is -2.29. The maximum absolute atomic E-state index is 13.6. The molecule has 0 radical (unpaired) electrons. The standard InChI is InChI=1S/C22H28N2O4S2/c1-5-6-10-17-15-24(16-11-8-7-9-12-16)19-14-20(29-4)18(22(25)28-3)13-21(19)30(26,27)23(17)2/h7-9,11-14,17H,5-6,10,15H2,1-4H3. The Morgan fingerprint density at radius 2 is 1.93 bits per heavy atom. The molecule has 0 aromatic heterocycles. The number of ether oxygens (including phenoxy) is 1. The number of thioether (sulfide) groups is 1. The highest BCUT2D eigenvalue weighted by atomic mass is 32.2. The largest absolute Gasteiger partial charge is 0.465 e. The second-order valence-electron chi connectivity index (χ2n) is 7.28. The quantitative estimate of drug-likeness (QED) is 0.478. The van der Waals surface area contributed by atoms with Crippen molar-refractivity contribution in [2.45, 2.75) is 42.0 Å². The van der Waals surface area contributed by atoms with E-state index in [1.807, 2.05) is 36.6 Å². The van der Waals surface area contributed by atoms with Gasteiger partial charge in [-0.25, -0.2) is 13.2 Å². The monoisotopic (exact) mass is 448 g/mol. The highest BCUT2D eigenvalue weighted by Gasteiger charge is 2.37. The molecule has 162 valence electrons. The van der Waals surface area contributed by atoms with Gasteiger partial charge in [0.15, 0.2) is 0 Å². The number of likely N-dealkylation sites (N-methyl/N-ethyl adjacent to an activating group) is 1. The fraction of sp³-hybridized carbons (Fsp3) is 0.409. The molecule has 0 aliphatic carbocycles. The smallest absolute Gasteiger partial charge is 0.339 e. The van der Waals surface area contributed by atoms with Gasteiger partial charge in [-0.3, -0.25) is 0 Å². The molecule has 2 aromatic carbocycles. The Bertz CT molecular complexity index is 1010. The summed E-state index contributed by atoms with van der Waals surface area (Å²) >= 11 is 1.40. The first kappa shape index (κ1) is 22.7. The zero-order chi connectivity index (χ0) is 21.9. The third kappa shape index (κ3) is 4.22. The summed E-state index contributed by atoms with van der Waals surface area (Å²) in [6, 6.07) is 12.9. The molecule has 3 rings (SSSR count). The minimum atomic E-state index is -3.79. The van der Waals surface area contributed by atoms with Gasteiger partial charge >= 0.3 is 5.97 Å². The molecular weight excluding hydrogens is 420 g/mol. The van der Waals surface area contributed by atoms with Gasteiger partial charge in [0.25, 0.3) is 0 Å². The highest BCUT2D eigenvalue weighted by molar-refractivity contribution is 7.98. The van der Waals surface area contributed by atoms with Gasteiger partial charge in [0.1, 0.15) is 4.90 Å². The second-order valence-corrected chi connectivity index (χ2v) is 10.1. The molecule has 0 spiro atoms. The summed E-state index contributed by atoms with van der Waals surface area (Å²) in [6.07, 6.45) is 4.56. The normalized spacial score (nSPS) is 18.5. The molecule has 6 nitrogen and oxygen atoms in total. The van der Waals surface area contributed by atoms with E-state index in [9.17, 15) is 13.2 Å². The number of hydrogen-bond acceptors (Lipinski definition) is 6. The molecule has 0 saturated carbocycles. The molecule has 30 heavy (non-hydrogen) atoms. The Morgan fingerprint density at radius 3 is 2.53 bits per heavy atom. The number of methoxy groups -OCH3 is 1. The van der Waals surface area contributed by atoms with Crippen LogP contribution in [0.3, 0.4) is 0 Å². The number of rotatable bonds is 6. The zero-order valence-electron chi connectivity index (χ0n) is 17.8. The van der Waals surface area contributed by atoms with Crippen LogP contribution < -0.4 is 4.90 Å². The number of para-hydroxylation sites is 1. The molecule has 2 aromatic rings. The van der Waals surface area contributed by atoms with Crippen molar-refractivity contribution in [2.24, 2.45) is 0 Å². The molecule has 1 aliphatic rings. The molecule has 1 aliphatic heterocycles. The van der Waals surface area contributed by atoms with Crippen molar-refractivity contribution in [3.05, 3.63) is 48.0 Å². The zero-order valence-corrected chi connectivity index (χ0v) is 19.4. The molecule has 8 heteroatoms. The van der Waals surface area contributed by atoms with Crippen molar-refractivity contribution in [2.75, 3.05) is 31.9 Å². The van der Waals surface area contributed by atoms with Crippen molar-refractivity contribution >= 4 is 39.1 Å². The van der Waals surface area contributed by atoms with E-state index in [1.165, 1.54) is 29.2 Å². The maximum atomic E-state index is 13.6. The summed E-state index contributed by atoms with van der Waals surface area (Å²) in [5, 5.41) is 0. The van der Waals surface area contributed by atoms with E-state index in [-0.39, 0.29) is 16.5 Å². The summed E-state index contributed by atoms with van der Waals surface area (Å²) in [4.78, 5) is 15.2. The van der Waals surface area contributed by atoms with Crippen LogP contribution in [0.15, 0.2) is 52.3 Å². The van der Waals surface area contributed by atoms with E-state index in [0.717, 1.165) is 24.9 Å². The van der Waals surface area contributed by atoms with Crippen LogP contribution in [-0.2, 0) is 14.8 Å². The number of esters is 1. The summed E-state index contributed by atoms with van der Waals surface area (Å²) < 4.78 is 33.5. The van der Waals surface area contributed by atoms with Crippen molar-refractivity contribution in [3.8, 4) is 0 Å². The predicted octanol–water partition coefficient (Wildman–Crippen LogP) is 4.53. The molecule has 1 unspecified atom stereocenters. The van der Waals surface area contributed by atoms with Crippen LogP contribution in [-0.4, -0.2) is 51.7 Å². The van der Waals surface area contributed by atoms with Crippen molar-refractivity contribution < 1.29 is 17.9 Å². The molecule has 1 heterocycles. The Hall–Kier alpha value is -2.03. The second kappa shape index (κ2) is 9.41. The summed E-state index contributed by atoms with van der Waals surface area (Å²) in [6.45, 7) is 2.64. The molecule has 0 amide bonds. The number of carbonyl (C=O) groups excluding carboxylic acids is 1. The number of sulfonamides is 1. The van der Waals surface area contributed by atoms with Gasteiger partial charge in [0.05, 0.1) is 18.4 Å². The Balaban J connectivity index is 2.28. The van der Waals surface area contributed by atoms with Crippen LogP contribution in [0.2, 0.25) is 0 Å². The Labute approximate surface area is 183 Å². The van der Waals surface area contributed by atoms with E-state index in [2.05, 4.69) is 11.8 Å². The average molecular weight is 449 g/mol. The van der Waals surface area contributed by atoms with Gasteiger partial charge in [-0.1, -0.05) is 38.0 Å². The summed E-state index contributed by atoms with van der Waals surface area (Å²) in [5.41, 5.74) is 1.77. The minimum Gasteiger partial charge on any atom is -0.465 e. The SMILES string of the molecule is CCCCC1CN(c2ccccc2)c2cc(SC)c(C(=O)OC)cc2S(=O)(=O)N1C. The first-order valence-corrected chi connectivity index (χ1v) is 12.6. The van der Waals surface area contributed by atoms with Crippen molar-refractivity contribution in [1.29, 1.82) is 0 Å². The molecule has 0 fully saturated rings. The van der Waals surface area contributed by atoms with E-state index in [0.29, 0.717) is 17.1 Å². The van der Waals surface area contributed by atoms with E-state index in [4.69, 9.17) is 4.74 Å². The Kier molecular flexibility index (Phi) is 7.10. The lowest BCUT2D eigenvalue weighted by Crippen LogP contribution is -2.40. The molecule has 0 saturated heterocycles. The summed E-state index contributed by atoms with van der Waals surface area (Å²) in [7, 11) is -0.858. The molecule has 1 atom stereocenters. The van der Waals surface area contributed by atoms with Crippen LogP contribution in [0.1, 0.15) is 36.5 Å². The van der Waals surface area contributed by atoms with Crippen LogP contribution in [0.25, 0.3) is 0 Å². The molecule has 0 bridgehead atoms. The van der Waals surface area contributed by atoms with Gasteiger partial charge in [0, 0.05) is 30.2 Å². The van der Waals surface area contributed by atoms with Gasteiger partial charge in [-0.05, 0) is 36.9 Å². The molecular formula is C22H28N2O4S2. The third-order valence-electron chi connectivity index (χ3n) is 5.50. The summed E-state index contributed by atoms with van der Waals surface area (Å²) in [5.74, 6) is -0.543. The number of fused-ring (bicyclic) bond motifs is 1. The highest BCUT2D eigenvalue weighted by Crippen LogP contribution is 2.41. The topological polar surface area (TPSA) is 66.9 Å². The number of anilines is 2. The lowest BCUT2D eigenvalue weighted by atomic mass is 10.1. The Morgan fingerprint density at radius 1 is 1.23 bits per heavy atom. The van der Waals surface area contributed by atoms with E-state index < -0.39 is 16.0 Å². The van der Waals surface area contributed by atoms with Gasteiger partial charge in [0.2, 0.25) is 10.0 Å². The fourth-order valence-corrected chi connectivity index (χ4v) is 5.91. The average Bonchev–Trinajstić information content (AvgIpc) is 2.85. The number of benzene rings is 2. The van der Waals surface area contributed by atoms with Crippen LogP contribution in [0.5, 0.6) is 0 Å². The van der Waals surface area contributed by atoms with Crippen molar-refractivity contribution in [1.82, 2.24) is 4.31 Å². The first-order chi connectivity index (χ1) is 14.3. The van der Waals surface area contributed by atoms with Gasteiger partial charge in [-0.2, -0.15) is 4.31 Å². The lowest BCUT2D eigenvalue weighted by molar-refractivity contribution is 0.0596. The van der Waals surface area contributed by atoms with Gasteiger partial charge in [-0.15, -0.1) is 11.8 Å². The maximum Gasteiger partial charge on any atom is 0.339 e. The van der Waals surface area contributed by atoms with E-state index >= 15 is 0 Å². The van der Waals surface area contributed by atoms with Crippen LogP contribution in [0, 0.1) is 0 Å².